The van der Waals surface area contributed by atoms with E-state index in [1.165, 1.54) is 70.8 Å². The van der Waals surface area contributed by atoms with Gasteiger partial charge >= 0.3 is 0 Å². The van der Waals surface area contributed by atoms with E-state index in [0.717, 1.165) is 12.8 Å². The van der Waals surface area contributed by atoms with E-state index in [1.807, 2.05) is 0 Å². The summed E-state index contributed by atoms with van der Waals surface area (Å²) in [5.74, 6) is 0. The second-order valence-electron chi connectivity index (χ2n) is 15.7. The monoisotopic (exact) mass is 538 g/mol. The highest BCUT2D eigenvalue weighted by molar-refractivity contribution is 5.99. The van der Waals surface area contributed by atoms with E-state index >= 15 is 0 Å². The van der Waals surface area contributed by atoms with Crippen molar-refractivity contribution in [1.29, 1.82) is 0 Å². The van der Waals surface area contributed by atoms with Crippen LogP contribution in [0, 0.1) is 0 Å². The number of rotatable bonds is 6. The first-order chi connectivity index (χ1) is 18.7. The van der Waals surface area contributed by atoms with Crippen LogP contribution in [0.3, 0.4) is 0 Å². The number of imidazole rings is 1. The minimum atomic E-state index is -0.0549. The van der Waals surface area contributed by atoms with Crippen molar-refractivity contribution >= 4 is 27.6 Å². The van der Waals surface area contributed by atoms with Crippen molar-refractivity contribution in [3.05, 3.63) is 52.8 Å². The Labute approximate surface area is 242 Å². The fraction of sp³-hybridized carbons (Fsp3) is 0.622. The van der Waals surface area contributed by atoms with Crippen LogP contribution in [-0.4, -0.2) is 9.38 Å². The highest BCUT2D eigenvalue weighted by Crippen LogP contribution is 2.55. The van der Waals surface area contributed by atoms with Gasteiger partial charge in [0.2, 0.25) is 0 Å². The summed E-state index contributed by atoms with van der Waals surface area (Å²) >= 11 is 0. The molecule has 40 heavy (non-hydrogen) atoms. The zero-order valence-corrected chi connectivity index (χ0v) is 27.2. The number of hydrogen-bond donors (Lipinski definition) is 0. The van der Waals surface area contributed by atoms with Gasteiger partial charge in [0.15, 0.2) is 11.0 Å². The van der Waals surface area contributed by atoms with Gasteiger partial charge in [-0.25, -0.2) is 4.57 Å². The lowest BCUT2D eigenvalue weighted by atomic mass is 9.62. The van der Waals surface area contributed by atoms with Crippen LogP contribution in [0.4, 0.5) is 0 Å². The minimum absolute atomic E-state index is 0.00487. The van der Waals surface area contributed by atoms with E-state index in [1.54, 1.807) is 11.1 Å². The quantitative estimate of drug-likeness (QED) is 0.177. The van der Waals surface area contributed by atoms with Gasteiger partial charge in [-0.3, -0.25) is 4.98 Å². The summed E-state index contributed by atoms with van der Waals surface area (Å²) < 4.78 is 5.34. The molecular formula is C37H52N3+. The Morgan fingerprint density at radius 1 is 0.925 bits per heavy atom. The van der Waals surface area contributed by atoms with Gasteiger partial charge in [-0.15, -0.1) is 0 Å². The van der Waals surface area contributed by atoms with Gasteiger partial charge in [0.1, 0.15) is 11.7 Å². The fourth-order valence-corrected chi connectivity index (χ4v) is 9.11. The summed E-state index contributed by atoms with van der Waals surface area (Å²) in [6.45, 7) is 26.7. The Morgan fingerprint density at radius 2 is 1.65 bits per heavy atom. The lowest BCUT2D eigenvalue weighted by Crippen LogP contribution is -2.66. The van der Waals surface area contributed by atoms with Crippen LogP contribution < -0.4 is 4.57 Å². The molecule has 0 amide bonds. The Kier molecular flexibility index (Phi) is 5.93. The van der Waals surface area contributed by atoms with Gasteiger partial charge in [0, 0.05) is 17.2 Å². The minimum Gasteiger partial charge on any atom is -0.255 e. The van der Waals surface area contributed by atoms with Crippen molar-refractivity contribution < 1.29 is 4.57 Å². The zero-order valence-electron chi connectivity index (χ0n) is 27.2. The van der Waals surface area contributed by atoms with Crippen molar-refractivity contribution in [3.63, 3.8) is 0 Å². The molecule has 3 heteroatoms. The molecule has 1 aliphatic heterocycles. The van der Waals surface area contributed by atoms with Gasteiger partial charge in [0.25, 0.3) is 5.65 Å². The van der Waals surface area contributed by atoms with Crippen molar-refractivity contribution in [2.24, 2.45) is 0 Å². The summed E-state index contributed by atoms with van der Waals surface area (Å²) in [6.07, 6.45) is 13.1. The summed E-state index contributed by atoms with van der Waals surface area (Å²) in [5, 5.41) is 1.37. The SMILES string of the molecule is CCCCCC1(C)CC(C)(C)c2cc3c(cc21)n1cc(C(C)(C)C)c2nccc4c2c1[n+]3C(C)(CC)C4(C)CC. The zero-order chi connectivity index (χ0) is 29.0. The van der Waals surface area contributed by atoms with Gasteiger partial charge in [-0.05, 0) is 83.7 Å². The summed E-state index contributed by atoms with van der Waals surface area (Å²) in [5.41, 5.74) is 11.6. The first-order valence-corrected chi connectivity index (χ1v) is 16.1. The maximum atomic E-state index is 5.10. The maximum Gasteiger partial charge on any atom is 0.297 e. The first-order valence-electron chi connectivity index (χ1n) is 16.1. The molecule has 0 N–H and O–H groups in total. The van der Waals surface area contributed by atoms with E-state index in [9.17, 15) is 0 Å². The van der Waals surface area contributed by atoms with Crippen LogP contribution in [0.25, 0.3) is 27.6 Å². The molecule has 0 spiro atoms. The van der Waals surface area contributed by atoms with E-state index in [-0.39, 0.29) is 27.2 Å². The molecule has 6 rings (SSSR count). The Bertz CT molecular complexity index is 1660. The molecule has 2 aliphatic rings. The fourth-order valence-electron chi connectivity index (χ4n) is 9.11. The maximum absolute atomic E-state index is 5.10. The average molecular weight is 539 g/mol. The molecule has 3 atom stereocenters. The molecule has 214 valence electrons. The standard InChI is InChI=1S/C37H52N3/c1-12-15-16-18-35(9)23-34(7,8)25-20-29-28(21-26(25)35)39-22-27(33(4,5)6)31-30-24(17-19-38-31)36(10,13-2)37(11,14-3)40(29)32(30)39/h17,19-22H,12-16,18,23H2,1-11H3/q+1. The molecule has 0 bridgehead atoms. The Morgan fingerprint density at radius 3 is 2.27 bits per heavy atom. The van der Waals surface area contributed by atoms with Crippen molar-refractivity contribution in [1.82, 2.24) is 9.38 Å². The average Bonchev–Trinajstić information content (AvgIpc) is 3.33. The summed E-state index contributed by atoms with van der Waals surface area (Å²) in [4.78, 5) is 5.10. The van der Waals surface area contributed by atoms with Crippen LogP contribution in [-0.2, 0) is 27.2 Å². The summed E-state index contributed by atoms with van der Waals surface area (Å²) in [6, 6.07) is 7.58. The predicted octanol–water partition coefficient (Wildman–Crippen LogP) is 9.55. The molecule has 1 aromatic carbocycles. The molecule has 3 aromatic heterocycles. The van der Waals surface area contributed by atoms with Crippen molar-refractivity contribution in [2.75, 3.05) is 0 Å². The number of unbranched alkanes of at least 4 members (excludes halogenated alkanes) is 2. The highest BCUT2D eigenvalue weighted by Gasteiger charge is 2.56. The Balaban J connectivity index is 1.83. The van der Waals surface area contributed by atoms with Crippen LogP contribution >= 0.6 is 0 Å². The normalized spacial score (nSPS) is 27.4. The molecular weight excluding hydrogens is 486 g/mol. The molecule has 3 unspecified atom stereocenters. The van der Waals surface area contributed by atoms with Gasteiger partial charge in [-0.2, -0.15) is 4.40 Å². The van der Waals surface area contributed by atoms with Crippen LogP contribution in [0.1, 0.15) is 143 Å². The molecule has 4 aromatic rings. The third kappa shape index (κ3) is 3.36. The number of pyridine rings is 2. The predicted molar refractivity (Wildman–Crippen MR) is 170 cm³/mol. The van der Waals surface area contributed by atoms with Gasteiger partial charge in [-0.1, -0.05) is 88.5 Å². The molecule has 4 heterocycles. The van der Waals surface area contributed by atoms with Crippen molar-refractivity contribution in [3.8, 4) is 0 Å². The largest absolute Gasteiger partial charge is 0.297 e. The molecule has 1 aliphatic carbocycles. The van der Waals surface area contributed by atoms with Gasteiger partial charge in [0.05, 0.1) is 10.9 Å². The molecule has 3 nitrogen and oxygen atoms in total. The van der Waals surface area contributed by atoms with Crippen LogP contribution in [0.15, 0.2) is 30.6 Å². The topological polar surface area (TPSA) is 21.2 Å². The number of hydrogen-bond acceptors (Lipinski definition) is 1. The van der Waals surface area contributed by atoms with Crippen LogP contribution in [0.2, 0.25) is 0 Å². The van der Waals surface area contributed by atoms with Crippen LogP contribution in [0.5, 0.6) is 0 Å². The van der Waals surface area contributed by atoms with E-state index < -0.39 is 0 Å². The highest BCUT2D eigenvalue weighted by atomic mass is 15.2. The lowest BCUT2D eigenvalue weighted by Gasteiger charge is -2.46. The summed E-state index contributed by atoms with van der Waals surface area (Å²) in [7, 11) is 0. The van der Waals surface area contributed by atoms with E-state index in [4.69, 9.17) is 4.98 Å². The lowest BCUT2D eigenvalue weighted by molar-refractivity contribution is -0.728. The van der Waals surface area contributed by atoms with Crippen molar-refractivity contribution in [2.45, 2.75) is 148 Å². The van der Waals surface area contributed by atoms with E-state index in [2.05, 4.69) is 116 Å². The molecule has 0 saturated heterocycles. The molecule has 0 radical (unpaired) electrons. The smallest absolute Gasteiger partial charge is 0.255 e. The third-order valence-corrected chi connectivity index (χ3v) is 11.8. The number of nitrogens with zero attached hydrogens (tertiary/aromatic N) is 3. The number of benzene rings is 1. The van der Waals surface area contributed by atoms with Gasteiger partial charge < -0.3 is 0 Å². The third-order valence-electron chi connectivity index (χ3n) is 11.8. The van der Waals surface area contributed by atoms with E-state index in [0.29, 0.717) is 0 Å². The first kappa shape index (κ1) is 27.7. The second kappa shape index (κ2) is 8.55. The molecule has 0 saturated carbocycles. The number of aromatic nitrogens is 3. The second-order valence-corrected chi connectivity index (χ2v) is 15.7. The Hall–Kier alpha value is -2.42. The molecule has 0 fully saturated rings. The number of fused-ring (bicyclic) bond motifs is 4.